The van der Waals surface area contributed by atoms with Crippen molar-refractivity contribution in [3.8, 4) is 0 Å². The molecule has 1 aromatic heterocycles. The number of aromatic nitrogens is 1. The molecule has 5 nitrogen and oxygen atoms in total. The fourth-order valence-electron chi connectivity index (χ4n) is 2.20. The van der Waals surface area contributed by atoms with Crippen LogP contribution < -0.4 is 5.32 Å². The van der Waals surface area contributed by atoms with E-state index < -0.39 is 0 Å². The number of nitrogens with one attached hydrogen (secondary N) is 1. The second-order valence-electron chi connectivity index (χ2n) is 5.10. The highest BCUT2D eigenvalue weighted by Crippen LogP contribution is 2.15. The number of hydrogen-bond acceptors (Lipinski definition) is 4. The van der Waals surface area contributed by atoms with Crippen LogP contribution in [0.4, 0.5) is 5.82 Å². The van der Waals surface area contributed by atoms with Gasteiger partial charge in [-0.2, -0.15) is 0 Å². The van der Waals surface area contributed by atoms with Crippen molar-refractivity contribution in [1.82, 2.24) is 9.88 Å². The summed E-state index contributed by atoms with van der Waals surface area (Å²) in [5, 5.41) is 3.20. The number of nitrogens with zero attached hydrogens (tertiary/aromatic N) is 2. The van der Waals surface area contributed by atoms with Gasteiger partial charge in [0.15, 0.2) is 0 Å². The van der Waals surface area contributed by atoms with E-state index in [1.54, 1.807) is 18.1 Å². The van der Waals surface area contributed by atoms with E-state index in [2.05, 4.69) is 10.3 Å². The predicted molar refractivity (Wildman–Crippen MR) is 74.3 cm³/mol. The van der Waals surface area contributed by atoms with Gasteiger partial charge in [-0.15, -0.1) is 0 Å². The molecule has 104 valence electrons. The molecule has 19 heavy (non-hydrogen) atoms. The number of carbonyl (C=O) groups excluding carboxylic acids is 1. The summed E-state index contributed by atoms with van der Waals surface area (Å²) in [7, 11) is 1.68. The molecule has 1 aliphatic rings. The third-order valence-electron chi connectivity index (χ3n) is 3.17. The van der Waals surface area contributed by atoms with Crippen molar-refractivity contribution in [2.24, 2.45) is 0 Å². The van der Waals surface area contributed by atoms with Crippen LogP contribution in [0.1, 0.15) is 30.8 Å². The van der Waals surface area contributed by atoms with E-state index in [4.69, 9.17) is 4.74 Å². The van der Waals surface area contributed by atoms with Gasteiger partial charge in [-0.05, 0) is 32.4 Å². The third-order valence-corrected chi connectivity index (χ3v) is 3.17. The van der Waals surface area contributed by atoms with E-state index in [1.807, 2.05) is 26.0 Å². The number of rotatable bonds is 4. The predicted octanol–water partition coefficient (Wildman–Crippen LogP) is 1.76. The Balaban J connectivity index is 2.07. The Hall–Kier alpha value is -1.62. The Morgan fingerprint density at radius 2 is 2.32 bits per heavy atom. The first-order valence-electron chi connectivity index (χ1n) is 6.66. The lowest BCUT2D eigenvalue weighted by Gasteiger charge is -2.16. The van der Waals surface area contributed by atoms with Crippen molar-refractivity contribution in [2.75, 3.05) is 25.5 Å². The average molecular weight is 263 g/mol. The van der Waals surface area contributed by atoms with Crippen molar-refractivity contribution in [3.63, 3.8) is 0 Å². The zero-order chi connectivity index (χ0) is 13.8. The van der Waals surface area contributed by atoms with Gasteiger partial charge in [-0.3, -0.25) is 4.79 Å². The summed E-state index contributed by atoms with van der Waals surface area (Å²) in [6, 6.07) is 5.78. The highest BCUT2D eigenvalue weighted by Gasteiger charge is 2.27. The quantitative estimate of drug-likeness (QED) is 0.899. The van der Waals surface area contributed by atoms with Gasteiger partial charge >= 0.3 is 0 Å². The van der Waals surface area contributed by atoms with Crippen molar-refractivity contribution in [1.29, 1.82) is 0 Å². The van der Waals surface area contributed by atoms with Crippen LogP contribution in [0.15, 0.2) is 18.2 Å². The van der Waals surface area contributed by atoms with Crippen LogP contribution in [0.25, 0.3) is 0 Å². The Morgan fingerprint density at radius 3 is 2.95 bits per heavy atom. The van der Waals surface area contributed by atoms with E-state index in [9.17, 15) is 4.79 Å². The largest absolute Gasteiger partial charge is 0.380 e. The number of amides is 1. The molecule has 2 rings (SSSR count). The fourth-order valence-corrected chi connectivity index (χ4v) is 2.20. The number of hydrogen-bond donors (Lipinski definition) is 1. The molecule has 1 unspecified atom stereocenters. The summed E-state index contributed by atoms with van der Waals surface area (Å²) < 4.78 is 5.28. The lowest BCUT2D eigenvalue weighted by atomic mass is 10.3. The minimum Gasteiger partial charge on any atom is -0.380 e. The summed E-state index contributed by atoms with van der Waals surface area (Å²) in [5.74, 6) is 0.718. The van der Waals surface area contributed by atoms with Crippen molar-refractivity contribution in [3.05, 3.63) is 23.9 Å². The summed E-state index contributed by atoms with van der Waals surface area (Å²) >= 11 is 0. The summed E-state index contributed by atoms with van der Waals surface area (Å²) in [6.45, 7) is 5.47. The molecule has 5 heteroatoms. The summed E-state index contributed by atoms with van der Waals surface area (Å²) in [6.07, 6.45) is 1.05. The van der Waals surface area contributed by atoms with Crippen LogP contribution in [-0.2, 0) is 4.74 Å². The molecule has 0 aliphatic carbocycles. The molecule has 1 aromatic rings. The topological polar surface area (TPSA) is 54.5 Å². The minimum absolute atomic E-state index is 0.0213. The molecular formula is C14H21N3O2. The molecule has 1 N–H and O–H groups in total. The zero-order valence-electron chi connectivity index (χ0n) is 11.7. The summed E-state index contributed by atoms with van der Waals surface area (Å²) in [5.41, 5.74) is 0.488. The number of methoxy groups -OCH3 is 1. The van der Waals surface area contributed by atoms with Crippen molar-refractivity contribution >= 4 is 11.7 Å². The van der Waals surface area contributed by atoms with Gasteiger partial charge in [-0.1, -0.05) is 6.07 Å². The minimum atomic E-state index is -0.0213. The zero-order valence-corrected chi connectivity index (χ0v) is 11.7. The van der Waals surface area contributed by atoms with Gasteiger partial charge < -0.3 is 15.0 Å². The molecule has 0 bridgehead atoms. The van der Waals surface area contributed by atoms with Gasteiger partial charge in [0.05, 0.1) is 6.10 Å². The molecule has 0 radical (unpaired) electrons. The first-order valence-corrected chi connectivity index (χ1v) is 6.66. The number of anilines is 1. The molecular weight excluding hydrogens is 242 g/mol. The lowest BCUT2D eigenvalue weighted by Crippen LogP contribution is -2.30. The second-order valence-corrected chi connectivity index (χ2v) is 5.10. The molecule has 1 fully saturated rings. The molecule has 2 heterocycles. The molecule has 1 amide bonds. The van der Waals surface area contributed by atoms with Crippen LogP contribution in [0.3, 0.4) is 0 Å². The van der Waals surface area contributed by atoms with E-state index in [0.717, 1.165) is 18.8 Å². The summed E-state index contributed by atoms with van der Waals surface area (Å²) in [4.78, 5) is 18.5. The number of likely N-dealkylation sites (tertiary alicyclic amines) is 1. The first-order chi connectivity index (χ1) is 9.10. The highest BCUT2D eigenvalue weighted by atomic mass is 16.5. The molecule has 0 spiro atoms. The fraction of sp³-hybridized carbons (Fsp3) is 0.571. The second kappa shape index (κ2) is 6.02. The van der Waals surface area contributed by atoms with Crippen LogP contribution in [-0.4, -0.2) is 48.1 Å². The lowest BCUT2D eigenvalue weighted by molar-refractivity contribution is 0.0719. The van der Waals surface area contributed by atoms with E-state index >= 15 is 0 Å². The van der Waals surface area contributed by atoms with E-state index in [-0.39, 0.29) is 12.0 Å². The Bertz CT molecular complexity index is 448. The first kappa shape index (κ1) is 13.8. The van der Waals surface area contributed by atoms with Crippen LogP contribution in [0, 0.1) is 0 Å². The van der Waals surface area contributed by atoms with Gasteiger partial charge in [0, 0.05) is 26.2 Å². The van der Waals surface area contributed by atoms with E-state index in [0.29, 0.717) is 18.3 Å². The van der Waals surface area contributed by atoms with Crippen LogP contribution in [0.5, 0.6) is 0 Å². The molecule has 1 saturated heterocycles. The van der Waals surface area contributed by atoms with Crippen molar-refractivity contribution < 1.29 is 9.53 Å². The van der Waals surface area contributed by atoms with Gasteiger partial charge in [0.1, 0.15) is 11.5 Å². The molecule has 1 aliphatic heterocycles. The monoisotopic (exact) mass is 263 g/mol. The Kier molecular flexibility index (Phi) is 4.37. The van der Waals surface area contributed by atoms with Gasteiger partial charge in [0.2, 0.25) is 0 Å². The number of carbonyl (C=O) groups is 1. The van der Waals surface area contributed by atoms with E-state index in [1.165, 1.54) is 0 Å². The third kappa shape index (κ3) is 3.44. The van der Waals surface area contributed by atoms with Crippen LogP contribution in [0.2, 0.25) is 0 Å². The maximum atomic E-state index is 12.3. The van der Waals surface area contributed by atoms with Gasteiger partial charge in [0.25, 0.3) is 5.91 Å². The number of pyridine rings is 1. The number of ether oxygens (including phenoxy) is 1. The molecule has 0 aromatic carbocycles. The smallest absolute Gasteiger partial charge is 0.272 e. The molecule has 0 saturated carbocycles. The van der Waals surface area contributed by atoms with Crippen molar-refractivity contribution in [2.45, 2.75) is 32.4 Å². The maximum Gasteiger partial charge on any atom is 0.272 e. The highest BCUT2D eigenvalue weighted by molar-refractivity contribution is 5.92. The Morgan fingerprint density at radius 1 is 1.53 bits per heavy atom. The molecule has 1 atom stereocenters. The normalized spacial score (nSPS) is 18.9. The van der Waals surface area contributed by atoms with Gasteiger partial charge in [-0.25, -0.2) is 4.98 Å². The SMILES string of the molecule is COC1CCN(C(=O)c2cccc(NC(C)C)n2)C1. The van der Waals surface area contributed by atoms with Crippen LogP contribution >= 0.6 is 0 Å². The Labute approximate surface area is 114 Å². The standard InChI is InChI=1S/C14H21N3O2/c1-10(2)15-13-6-4-5-12(16-13)14(18)17-8-7-11(9-17)19-3/h4-6,10-11H,7-9H2,1-3H3,(H,15,16). The maximum absolute atomic E-state index is 12.3. The average Bonchev–Trinajstić information content (AvgIpc) is 2.86.